The van der Waals surface area contributed by atoms with E-state index in [1.807, 2.05) is 43.3 Å². The van der Waals surface area contributed by atoms with Crippen LogP contribution in [-0.2, 0) is 4.79 Å². The van der Waals surface area contributed by atoms with Crippen LogP contribution in [0.2, 0.25) is 5.15 Å². The summed E-state index contributed by atoms with van der Waals surface area (Å²) in [6.07, 6.45) is 1.47. The minimum Gasteiger partial charge on any atom is -0.497 e. The highest BCUT2D eigenvalue weighted by Crippen LogP contribution is 2.25. The van der Waals surface area contributed by atoms with Crippen LogP contribution < -0.4 is 14.9 Å². The molecule has 2 aromatic carbocycles. The zero-order valence-corrected chi connectivity index (χ0v) is 18.6. The molecule has 150 valence electrons. The monoisotopic (exact) mass is 524 g/mol. The van der Waals surface area contributed by atoms with E-state index in [0.29, 0.717) is 22.2 Å². The van der Waals surface area contributed by atoms with Crippen LogP contribution in [0.1, 0.15) is 11.3 Å². The van der Waals surface area contributed by atoms with Crippen molar-refractivity contribution in [3.05, 3.63) is 68.5 Å². The fraction of sp³-hybridized carbons (Fsp3) is 0.150. The Morgan fingerprint density at radius 3 is 2.76 bits per heavy atom. The average Bonchev–Trinajstić information content (AvgIpc) is 3.01. The highest BCUT2D eigenvalue weighted by atomic mass is 127. The maximum Gasteiger partial charge on any atom is 0.277 e. The number of carbonyl (C=O) groups is 1. The first-order valence-corrected chi connectivity index (χ1v) is 10.0. The van der Waals surface area contributed by atoms with Gasteiger partial charge in [-0.3, -0.25) is 4.79 Å². The zero-order chi connectivity index (χ0) is 20.8. The highest BCUT2D eigenvalue weighted by molar-refractivity contribution is 14.1. The summed E-state index contributed by atoms with van der Waals surface area (Å²) in [5, 5.41) is 8.80. The number of methoxy groups -OCH3 is 1. The van der Waals surface area contributed by atoms with Crippen molar-refractivity contribution in [2.24, 2.45) is 5.10 Å². The third-order valence-electron chi connectivity index (χ3n) is 3.93. The van der Waals surface area contributed by atoms with E-state index >= 15 is 0 Å². The van der Waals surface area contributed by atoms with Gasteiger partial charge >= 0.3 is 0 Å². The molecule has 3 rings (SSSR count). The van der Waals surface area contributed by atoms with Crippen molar-refractivity contribution >= 4 is 46.3 Å². The van der Waals surface area contributed by atoms with E-state index in [0.717, 1.165) is 15.0 Å². The van der Waals surface area contributed by atoms with E-state index in [1.165, 1.54) is 6.21 Å². The van der Waals surface area contributed by atoms with Crippen LogP contribution in [-0.4, -0.2) is 35.6 Å². The SMILES string of the molecule is COc1ccc(OCC(=O)N/N=C\c2c(C)nn(-c3ccccc3)c2Cl)c(I)c1. The minimum absolute atomic E-state index is 0.171. The second-order valence-electron chi connectivity index (χ2n) is 5.92. The highest BCUT2D eigenvalue weighted by Gasteiger charge is 2.13. The molecule has 0 aliphatic carbocycles. The molecular weight excluding hydrogens is 507 g/mol. The van der Waals surface area contributed by atoms with Gasteiger partial charge in [0.15, 0.2) is 6.61 Å². The number of hydrazone groups is 1. The number of hydrogen-bond donors (Lipinski definition) is 1. The van der Waals surface area contributed by atoms with Crippen molar-refractivity contribution in [3.63, 3.8) is 0 Å². The van der Waals surface area contributed by atoms with Crippen molar-refractivity contribution in [2.45, 2.75) is 6.92 Å². The summed E-state index contributed by atoms with van der Waals surface area (Å²) in [6, 6.07) is 14.9. The van der Waals surface area contributed by atoms with Gasteiger partial charge in [0.25, 0.3) is 5.91 Å². The number of benzene rings is 2. The average molecular weight is 525 g/mol. The molecule has 0 spiro atoms. The Bertz CT molecular complexity index is 1040. The number of aryl methyl sites for hydroxylation is 1. The fourth-order valence-corrected chi connectivity index (χ4v) is 3.43. The molecule has 7 nitrogen and oxygen atoms in total. The van der Waals surface area contributed by atoms with E-state index in [2.05, 4.69) is 38.2 Å². The first kappa shape index (κ1) is 21.1. The zero-order valence-electron chi connectivity index (χ0n) is 15.7. The summed E-state index contributed by atoms with van der Waals surface area (Å²) in [7, 11) is 1.59. The second kappa shape index (κ2) is 9.75. The molecule has 0 unspecified atom stereocenters. The van der Waals surface area contributed by atoms with Gasteiger partial charge in [-0.25, -0.2) is 10.1 Å². The number of ether oxygens (including phenoxy) is 2. The van der Waals surface area contributed by atoms with Crippen LogP contribution in [0.5, 0.6) is 11.5 Å². The Hall–Kier alpha value is -2.59. The van der Waals surface area contributed by atoms with Gasteiger partial charge in [-0.2, -0.15) is 10.2 Å². The number of nitrogens with zero attached hydrogens (tertiary/aromatic N) is 3. The maximum absolute atomic E-state index is 12.0. The summed E-state index contributed by atoms with van der Waals surface area (Å²) < 4.78 is 13.1. The molecule has 9 heteroatoms. The largest absolute Gasteiger partial charge is 0.497 e. The third-order valence-corrected chi connectivity index (χ3v) is 5.14. The molecule has 1 heterocycles. The predicted octanol–water partition coefficient (Wildman–Crippen LogP) is 3.98. The minimum atomic E-state index is -0.392. The van der Waals surface area contributed by atoms with E-state index < -0.39 is 5.91 Å². The third kappa shape index (κ3) is 5.27. The van der Waals surface area contributed by atoms with Crippen molar-refractivity contribution in [1.82, 2.24) is 15.2 Å². The van der Waals surface area contributed by atoms with Crippen LogP contribution in [0.15, 0.2) is 53.6 Å². The Balaban J connectivity index is 1.60. The first-order chi connectivity index (χ1) is 14.0. The normalized spacial score (nSPS) is 10.9. The van der Waals surface area contributed by atoms with E-state index in [4.69, 9.17) is 21.1 Å². The lowest BCUT2D eigenvalue weighted by atomic mass is 10.3. The number of carbonyl (C=O) groups excluding carboxylic acids is 1. The van der Waals surface area contributed by atoms with E-state index in [9.17, 15) is 4.79 Å². The lowest BCUT2D eigenvalue weighted by Crippen LogP contribution is -2.24. The number of para-hydroxylation sites is 1. The Morgan fingerprint density at radius 2 is 2.07 bits per heavy atom. The quantitative estimate of drug-likeness (QED) is 0.288. The summed E-state index contributed by atoms with van der Waals surface area (Å²) >= 11 is 8.54. The smallest absolute Gasteiger partial charge is 0.277 e. The Kier molecular flexibility index (Phi) is 7.10. The molecule has 1 aromatic heterocycles. The summed E-state index contributed by atoms with van der Waals surface area (Å²) in [5.74, 6) is 0.921. The van der Waals surface area contributed by atoms with Crippen LogP contribution >= 0.6 is 34.2 Å². The molecule has 0 atom stereocenters. The Labute approximate surface area is 186 Å². The lowest BCUT2D eigenvalue weighted by molar-refractivity contribution is -0.123. The van der Waals surface area contributed by atoms with Gasteiger partial charge in [-0.15, -0.1) is 0 Å². The number of halogens is 2. The number of rotatable bonds is 7. The first-order valence-electron chi connectivity index (χ1n) is 8.58. The molecule has 3 aromatic rings. The number of nitrogens with one attached hydrogen (secondary N) is 1. The van der Waals surface area contributed by atoms with Crippen LogP contribution in [0, 0.1) is 10.5 Å². The summed E-state index contributed by atoms with van der Waals surface area (Å²) in [4.78, 5) is 12.0. The molecule has 0 aliphatic rings. The molecule has 0 bridgehead atoms. The number of hydrogen-bond acceptors (Lipinski definition) is 5. The van der Waals surface area contributed by atoms with Gasteiger partial charge in [0.1, 0.15) is 16.7 Å². The number of aromatic nitrogens is 2. The van der Waals surface area contributed by atoms with Gasteiger partial charge in [0, 0.05) is 0 Å². The van der Waals surface area contributed by atoms with Gasteiger partial charge < -0.3 is 9.47 Å². The standard InChI is InChI=1S/C20H18ClIN4O3/c1-13-16(20(21)26(25-13)14-6-4-3-5-7-14)11-23-24-19(27)12-29-18-9-8-15(28-2)10-17(18)22/h3-11H,12H2,1-2H3,(H,24,27)/b23-11-. The summed E-state index contributed by atoms with van der Waals surface area (Å²) in [6.45, 7) is 1.65. The molecule has 0 radical (unpaired) electrons. The van der Waals surface area contributed by atoms with E-state index in [-0.39, 0.29) is 6.61 Å². The summed E-state index contributed by atoms with van der Waals surface area (Å²) in [5.41, 5.74) is 4.59. The van der Waals surface area contributed by atoms with Crippen molar-refractivity contribution in [1.29, 1.82) is 0 Å². The molecule has 29 heavy (non-hydrogen) atoms. The molecule has 0 fully saturated rings. The predicted molar refractivity (Wildman–Crippen MR) is 120 cm³/mol. The molecule has 0 aliphatic heterocycles. The second-order valence-corrected chi connectivity index (χ2v) is 7.44. The maximum atomic E-state index is 12.0. The Morgan fingerprint density at radius 1 is 1.31 bits per heavy atom. The molecule has 1 amide bonds. The van der Waals surface area contributed by atoms with Crippen molar-refractivity contribution < 1.29 is 14.3 Å². The van der Waals surface area contributed by atoms with Crippen LogP contribution in [0.4, 0.5) is 0 Å². The topological polar surface area (TPSA) is 77.7 Å². The number of amides is 1. The van der Waals surface area contributed by atoms with Gasteiger partial charge in [-0.1, -0.05) is 29.8 Å². The van der Waals surface area contributed by atoms with Crippen molar-refractivity contribution in [3.8, 4) is 17.2 Å². The van der Waals surface area contributed by atoms with E-state index in [1.54, 1.807) is 23.9 Å². The van der Waals surface area contributed by atoms with Crippen LogP contribution in [0.25, 0.3) is 5.69 Å². The van der Waals surface area contributed by atoms with Crippen LogP contribution in [0.3, 0.4) is 0 Å². The van der Waals surface area contributed by atoms with Gasteiger partial charge in [-0.05, 0) is 59.8 Å². The molecular formula is C20H18ClIN4O3. The van der Waals surface area contributed by atoms with Crippen molar-refractivity contribution in [2.75, 3.05) is 13.7 Å². The molecule has 1 N–H and O–H groups in total. The fourth-order valence-electron chi connectivity index (χ4n) is 2.47. The molecule has 0 saturated carbocycles. The van der Waals surface area contributed by atoms with Gasteiger partial charge in [0.2, 0.25) is 0 Å². The molecule has 0 saturated heterocycles. The van der Waals surface area contributed by atoms with Gasteiger partial charge in [0.05, 0.1) is 33.8 Å². The lowest BCUT2D eigenvalue weighted by Gasteiger charge is -2.08.